The molecule has 1 aliphatic carbocycles. The van der Waals surface area contributed by atoms with E-state index in [0.29, 0.717) is 27.6 Å². The molecule has 1 nitrogen and oxygen atoms in total. The Morgan fingerprint density at radius 3 is 2.63 bits per heavy atom. The van der Waals surface area contributed by atoms with Gasteiger partial charge < -0.3 is 4.74 Å². The van der Waals surface area contributed by atoms with Gasteiger partial charge in [0.1, 0.15) is 11.9 Å². The van der Waals surface area contributed by atoms with E-state index in [1.54, 1.807) is 6.07 Å². The van der Waals surface area contributed by atoms with Crippen molar-refractivity contribution in [1.29, 1.82) is 0 Å². The molecule has 0 aliphatic heterocycles. The fourth-order valence-electron chi connectivity index (χ4n) is 2.79. The summed E-state index contributed by atoms with van der Waals surface area (Å²) in [5, 5.41) is 1.16. The fraction of sp³-hybridized carbons (Fsp3) is 0.600. The molecule has 0 amide bonds. The van der Waals surface area contributed by atoms with Gasteiger partial charge in [0.25, 0.3) is 0 Å². The molecule has 4 heteroatoms. The maximum absolute atomic E-state index is 6.26. The van der Waals surface area contributed by atoms with Crippen LogP contribution in [0.25, 0.3) is 0 Å². The Bertz CT molecular complexity index is 434. The Kier molecular flexibility index (Phi) is 5.68. The zero-order valence-electron chi connectivity index (χ0n) is 11.1. The topological polar surface area (TPSA) is 9.23 Å². The number of hydrogen-bond acceptors (Lipinski definition) is 1. The molecule has 1 aromatic rings. The maximum atomic E-state index is 6.26. The summed E-state index contributed by atoms with van der Waals surface area (Å²) in [5.74, 6) is 1.69. The van der Waals surface area contributed by atoms with Crippen LogP contribution in [0.3, 0.4) is 0 Å². The molecular formula is C15H19Cl3O. The first kappa shape index (κ1) is 15.3. The maximum Gasteiger partial charge on any atom is 0.142 e. The van der Waals surface area contributed by atoms with Gasteiger partial charge in [-0.2, -0.15) is 0 Å². The minimum Gasteiger partial charge on any atom is -0.488 e. The highest BCUT2D eigenvalue weighted by Gasteiger charge is 2.26. The Hall–Kier alpha value is -0.110. The SMILES string of the molecule is CCC1CCCCC1Oc1c(Cl)cc(Cl)cc1CCl. The molecule has 1 fully saturated rings. The summed E-state index contributed by atoms with van der Waals surface area (Å²) in [7, 11) is 0. The van der Waals surface area contributed by atoms with Crippen LogP contribution in [0.2, 0.25) is 10.0 Å². The molecule has 2 rings (SSSR count). The second-order valence-corrected chi connectivity index (χ2v) is 6.23. The number of benzene rings is 1. The van der Waals surface area contributed by atoms with Gasteiger partial charge in [-0.1, -0.05) is 36.5 Å². The van der Waals surface area contributed by atoms with Gasteiger partial charge in [-0.05, 0) is 43.7 Å². The predicted octanol–water partition coefficient (Wildman–Crippen LogP) is 6.08. The lowest BCUT2D eigenvalue weighted by Crippen LogP contribution is -2.30. The molecule has 1 saturated carbocycles. The summed E-state index contributed by atoms with van der Waals surface area (Å²) < 4.78 is 6.19. The van der Waals surface area contributed by atoms with Crippen molar-refractivity contribution in [3.05, 3.63) is 27.7 Å². The van der Waals surface area contributed by atoms with Crippen molar-refractivity contribution >= 4 is 34.8 Å². The van der Waals surface area contributed by atoms with E-state index in [4.69, 9.17) is 39.5 Å². The molecular weight excluding hydrogens is 303 g/mol. The molecule has 19 heavy (non-hydrogen) atoms. The molecule has 1 aromatic carbocycles. The first-order valence-electron chi connectivity index (χ1n) is 6.86. The summed E-state index contributed by atoms with van der Waals surface area (Å²) in [6.07, 6.45) is 6.25. The lowest BCUT2D eigenvalue weighted by Gasteiger charge is -2.32. The van der Waals surface area contributed by atoms with E-state index >= 15 is 0 Å². The van der Waals surface area contributed by atoms with Crippen molar-refractivity contribution in [2.45, 2.75) is 51.0 Å². The van der Waals surface area contributed by atoms with Gasteiger partial charge in [0, 0.05) is 10.6 Å². The summed E-state index contributed by atoms with van der Waals surface area (Å²) >= 11 is 18.2. The molecule has 0 spiro atoms. The van der Waals surface area contributed by atoms with E-state index in [2.05, 4.69) is 6.92 Å². The first-order chi connectivity index (χ1) is 9.15. The highest BCUT2D eigenvalue weighted by atomic mass is 35.5. The quantitative estimate of drug-likeness (QED) is 0.611. The number of hydrogen-bond donors (Lipinski definition) is 0. The Morgan fingerprint density at radius 1 is 1.21 bits per heavy atom. The van der Waals surface area contributed by atoms with Crippen molar-refractivity contribution < 1.29 is 4.74 Å². The highest BCUT2D eigenvalue weighted by Crippen LogP contribution is 2.37. The molecule has 0 bridgehead atoms. The number of alkyl halides is 1. The normalized spacial score (nSPS) is 23.4. The van der Waals surface area contributed by atoms with Gasteiger partial charge in [0.05, 0.1) is 10.9 Å². The molecule has 2 atom stereocenters. The second-order valence-electron chi connectivity index (χ2n) is 5.12. The van der Waals surface area contributed by atoms with Gasteiger partial charge >= 0.3 is 0 Å². The van der Waals surface area contributed by atoms with E-state index in [9.17, 15) is 0 Å². The van der Waals surface area contributed by atoms with Crippen LogP contribution < -0.4 is 4.74 Å². The predicted molar refractivity (Wildman–Crippen MR) is 82.7 cm³/mol. The summed E-state index contributed by atoms with van der Waals surface area (Å²) in [5.41, 5.74) is 0.875. The molecule has 1 aliphatic rings. The average molecular weight is 322 g/mol. The van der Waals surface area contributed by atoms with Crippen LogP contribution in [0.1, 0.15) is 44.6 Å². The highest BCUT2D eigenvalue weighted by molar-refractivity contribution is 6.36. The van der Waals surface area contributed by atoms with Gasteiger partial charge in [-0.15, -0.1) is 11.6 Å². The van der Waals surface area contributed by atoms with Crippen molar-refractivity contribution in [1.82, 2.24) is 0 Å². The largest absolute Gasteiger partial charge is 0.488 e. The third-order valence-electron chi connectivity index (χ3n) is 3.86. The molecule has 0 N–H and O–H groups in total. The zero-order chi connectivity index (χ0) is 13.8. The molecule has 0 radical (unpaired) electrons. The standard InChI is InChI=1S/C15H19Cl3O/c1-2-10-5-3-4-6-14(10)19-15-11(9-16)7-12(17)8-13(15)18/h7-8,10,14H,2-6,9H2,1H3. The van der Waals surface area contributed by atoms with Crippen LogP contribution in [0.4, 0.5) is 0 Å². The van der Waals surface area contributed by atoms with Crippen LogP contribution in [0.15, 0.2) is 12.1 Å². The Morgan fingerprint density at radius 2 is 1.95 bits per heavy atom. The Labute approximate surface area is 130 Å². The van der Waals surface area contributed by atoms with Crippen LogP contribution in [0, 0.1) is 5.92 Å². The molecule has 0 aromatic heterocycles. The van der Waals surface area contributed by atoms with Crippen molar-refractivity contribution in [2.75, 3.05) is 0 Å². The van der Waals surface area contributed by atoms with Crippen molar-refractivity contribution in [2.24, 2.45) is 5.92 Å². The minimum atomic E-state index is 0.249. The second kappa shape index (κ2) is 7.06. The van der Waals surface area contributed by atoms with Crippen LogP contribution >= 0.6 is 34.8 Å². The van der Waals surface area contributed by atoms with Crippen LogP contribution in [-0.4, -0.2) is 6.10 Å². The van der Waals surface area contributed by atoms with E-state index in [-0.39, 0.29) is 6.10 Å². The third-order valence-corrected chi connectivity index (χ3v) is 4.65. The lowest BCUT2D eigenvalue weighted by molar-refractivity contribution is 0.0897. The smallest absolute Gasteiger partial charge is 0.142 e. The monoisotopic (exact) mass is 320 g/mol. The minimum absolute atomic E-state index is 0.249. The van der Waals surface area contributed by atoms with Crippen LogP contribution in [-0.2, 0) is 5.88 Å². The van der Waals surface area contributed by atoms with E-state index < -0.39 is 0 Å². The van der Waals surface area contributed by atoms with Gasteiger partial charge in [-0.25, -0.2) is 0 Å². The van der Waals surface area contributed by atoms with Crippen LogP contribution in [0.5, 0.6) is 5.75 Å². The van der Waals surface area contributed by atoms with E-state index in [0.717, 1.165) is 18.4 Å². The lowest BCUT2D eigenvalue weighted by atomic mass is 9.84. The van der Waals surface area contributed by atoms with E-state index in [1.807, 2.05) is 6.07 Å². The Balaban J connectivity index is 2.22. The van der Waals surface area contributed by atoms with Crippen molar-refractivity contribution in [3.8, 4) is 5.75 Å². The number of halogens is 3. The molecule has 106 valence electrons. The van der Waals surface area contributed by atoms with Gasteiger partial charge in [-0.3, -0.25) is 0 Å². The first-order valence-corrected chi connectivity index (χ1v) is 8.15. The molecule has 0 heterocycles. The number of ether oxygens (including phenoxy) is 1. The molecule has 0 saturated heterocycles. The van der Waals surface area contributed by atoms with Gasteiger partial charge in [0.15, 0.2) is 0 Å². The summed E-state index contributed by atoms with van der Waals surface area (Å²) in [6, 6.07) is 3.55. The van der Waals surface area contributed by atoms with E-state index in [1.165, 1.54) is 19.3 Å². The summed E-state index contributed by atoms with van der Waals surface area (Å²) in [4.78, 5) is 0. The van der Waals surface area contributed by atoms with Crippen molar-refractivity contribution in [3.63, 3.8) is 0 Å². The van der Waals surface area contributed by atoms with Gasteiger partial charge in [0.2, 0.25) is 0 Å². The average Bonchev–Trinajstić information content (AvgIpc) is 2.42. The summed E-state index contributed by atoms with van der Waals surface area (Å²) in [6.45, 7) is 2.22. The molecule has 2 unspecified atom stereocenters. The fourth-order valence-corrected chi connectivity index (χ4v) is 3.57. The zero-order valence-corrected chi connectivity index (χ0v) is 13.4. The number of rotatable bonds is 4. The third kappa shape index (κ3) is 3.71.